The summed E-state index contributed by atoms with van der Waals surface area (Å²) in [5.41, 5.74) is 12.5. The normalized spacial score (nSPS) is 14.3. The molecule has 0 atom stereocenters. The minimum atomic E-state index is -0.656. The molecule has 0 bridgehead atoms. The van der Waals surface area contributed by atoms with Gasteiger partial charge in [-0.25, -0.2) is 9.79 Å². The van der Waals surface area contributed by atoms with Gasteiger partial charge in [0.1, 0.15) is 11.7 Å². The van der Waals surface area contributed by atoms with Crippen molar-refractivity contribution in [3.63, 3.8) is 0 Å². The third kappa shape index (κ3) is 2.99. The van der Waals surface area contributed by atoms with Crippen molar-refractivity contribution in [2.24, 2.45) is 16.5 Å². The number of aliphatic imine (C=N–C) groups is 1. The molecule has 1 aliphatic heterocycles. The highest BCUT2D eigenvalue weighted by molar-refractivity contribution is 6.04. The number of carbonyl (C=O) groups is 1. The first-order valence-corrected chi connectivity index (χ1v) is 5.70. The Hall–Kier alpha value is -2.60. The third-order valence-electron chi connectivity index (χ3n) is 2.61. The van der Waals surface area contributed by atoms with Gasteiger partial charge in [-0.05, 0) is 23.8 Å². The van der Waals surface area contributed by atoms with Crippen molar-refractivity contribution in [3.05, 3.63) is 54.5 Å². The average Bonchev–Trinajstić information content (AvgIpc) is 2.38. The van der Waals surface area contributed by atoms with E-state index in [0.717, 1.165) is 11.3 Å². The second-order valence-electron chi connectivity index (χ2n) is 3.96. The number of nitrogens with zero attached hydrogens (tertiary/aromatic N) is 2. The standard InChI is InChI=1S/C13H15N5O/c1-9-16-12(17-13(15)19)6-7-18(9)11-4-2-10(8-14)3-5-11/h2-7H,1,8,14H2,(H3,15,16,17,19). The molecule has 19 heavy (non-hydrogen) atoms. The van der Waals surface area contributed by atoms with Crippen molar-refractivity contribution in [1.29, 1.82) is 0 Å². The predicted molar refractivity (Wildman–Crippen MR) is 75.2 cm³/mol. The summed E-state index contributed by atoms with van der Waals surface area (Å²) in [5.74, 6) is 0.860. The van der Waals surface area contributed by atoms with Crippen molar-refractivity contribution >= 4 is 17.6 Å². The molecule has 6 nitrogen and oxygen atoms in total. The van der Waals surface area contributed by atoms with Crippen LogP contribution in [0.1, 0.15) is 5.56 Å². The molecule has 0 aliphatic carbocycles. The van der Waals surface area contributed by atoms with Crippen LogP contribution in [-0.2, 0) is 6.54 Å². The number of rotatable bonds is 2. The zero-order valence-electron chi connectivity index (χ0n) is 10.3. The largest absolute Gasteiger partial charge is 0.351 e. The molecular formula is C13H15N5O. The van der Waals surface area contributed by atoms with Gasteiger partial charge in [0, 0.05) is 18.4 Å². The highest BCUT2D eigenvalue weighted by Gasteiger charge is 2.12. The van der Waals surface area contributed by atoms with E-state index < -0.39 is 6.03 Å². The number of amidine groups is 1. The Balaban J connectivity index is 2.16. The minimum Gasteiger partial charge on any atom is -0.351 e. The lowest BCUT2D eigenvalue weighted by Crippen LogP contribution is -2.36. The van der Waals surface area contributed by atoms with Crippen LogP contribution < -0.4 is 21.7 Å². The molecule has 0 unspecified atom stereocenters. The average molecular weight is 257 g/mol. The van der Waals surface area contributed by atoms with Crippen molar-refractivity contribution in [1.82, 2.24) is 5.32 Å². The van der Waals surface area contributed by atoms with Gasteiger partial charge in [-0.2, -0.15) is 0 Å². The topological polar surface area (TPSA) is 96.7 Å². The second kappa shape index (κ2) is 5.36. The molecule has 1 aromatic carbocycles. The van der Waals surface area contributed by atoms with Gasteiger partial charge >= 0.3 is 6.03 Å². The van der Waals surface area contributed by atoms with Gasteiger partial charge in [0.25, 0.3) is 0 Å². The summed E-state index contributed by atoms with van der Waals surface area (Å²) >= 11 is 0. The van der Waals surface area contributed by atoms with E-state index >= 15 is 0 Å². The zero-order chi connectivity index (χ0) is 13.8. The van der Waals surface area contributed by atoms with Crippen LogP contribution in [0, 0.1) is 0 Å². The number of primary amides is 1. The van der Waals surface area contributed by atoms with Crippen LogP contribution in [0.15, 0.2) is 53.9 Å². The Labute approximate surface area is 111 Å². The van der Waals surface area contributed by atoms with Crippen molar-refractivity contribution in [2.45, 2.75) is 6.54 Å². The molecule has 98 valence electrons. The highest BCUT2D eigenvalue weighted by Crippen LogP contribution is 2.22. The monoisotopic (exact) mass is 257 g/mol. The summed E-state index contributed by atoms with van der Waals surface area (Å²) in [5, 5.41) is 2.40. The summed E-state index contributed by atoms with van der Waals surface area (Å²) in [6, 6.07) is 7.09. The van der Waals surface area contributed by atoms with Crippen LogP contribution in [0.5, 0.6) is 0 Å². The molecule has 1 aromatic rings. The first kappa shape index (κ1) is 12.8. The quantitative estimate of drug-likeness (QED) is 0.737. The summed E-state index contributed by atoms with van der Waals surface area (Å²) < 4.78 is 0. The SMILES string of the molecule is C=C1N=C(NC(N)=O)C=CN1c1ccc(CN)cc1. The zero-order valence-corrected chi connectivity index (χ0v) is 10.3. The molecule has 2 amide bonds. The molecular weight excluding hydrogens is 242 g/mol. The van der Waals surface area contributed by atoms with Gasteiger partial charge in [0.15, 0.2) is 0 Å². The Morgan fingerprint density at radius 2 is 2.05 bits per heavy atom. The third-order valence-corrected chi connectivity index (χ3v) is 2.61. The molecule has 1 heterocycles. The molecule has 5 N–H and O–H groups in total. The van der Waals surface area contributed by atoms with Crippen LogP contribution in [0.3, 0.4) is 0 Å². The molecule has 0 aromatic heterocycles. The van der Waals surface area contributed by atoms with E-state index in [1.54, 1.807) is 17.2 Å². The minimum absolute atomic E-state index is 0.368. The van der Waals surface area contributed by atoms with Gasteiger partial charge in [-0.3, -0.25) is 5.32 Å². The van der Waals surface area contributed by atoms with Gasteiger partial charge in [-0.1, -0.05) is 18.7 Å². The van der Waals surface area contributed by atoms with Crippen LogP contribution in [0.2, 0.25) is 0 Å². The molecule has 2 rings (SSSR count). The lowest BCUT2D eigenvalue weighted by molar-refractivity contribution is 0.253. The number of hydrogen-bond acceptors (Lipinski definition) is 4. The predicted octanol–water partition coefficient (Wildman–Crippen LogP) is 1.02. The highest BCUT2D eigenvalue weighted by atomic mass is 16.2. The van der Waals surface area contributed by atoms with E-state index in [0.29, 0.717) is 18.2 Å². The lowest BCUT2D eigenvalue weighted by Gasteiger charge is -2.23. The second-order valence-corrected chi connectivity index (χ2v) is 3.96. The van der Waals surface area contributed by atoms with E-state index in [1.807, 2.05) is 24.3 Å². The van der Waals surface area contributed by atoms with Crippen molar-refractivity contribution < 1.29 is 4.79 Å². The van der Waals surface area contributed by atoms with E-state index in [4.69, 9.17) is 11.5 Å². The summed E-state index contributed by atoms with van der Waals surface area (Å²) in [4.78, 5) is 16.7. The van der Waals surface area contributed by atoms with Gasteiger partial charge in [0.2, 0.25) is 0 Å². The molecule has 0 spiro atoms. The first-order chi connectivity index (χ1) is 9.10. The van der Waals surface area contributed by atoms with Crippen molar-refractivity contribution in [3.8, 4) is 0 Å². The van der Waals surface area contributed by atoms with E-state index in [2.05, 4.69) is 16.9 Å². The fourth-order valence-electron chi connectivity index (χ4n) is 1.68. The smallest absolute Gasteiger partial charge is 0.317 e. The van der Waals surface area contributed by atoms with E-state index in [9.17, 15) is 4.79 Å². The number of nitrogens with one attached hydrogen (secondary N) is 1. The number of anilines is 1. The van der Waals surface area contributed by atoms with Crippen molar-refractivity contribution in [2.75, 3.05) is 4.90 Å². The van der Waals surface area contributed by atoms with Gasteiger partial charge < -0.3 is 16.4 Å². The number of urea groups is 1. The maximum absolute atomic E-state index is 10.7. The molecule has 0 fully saturated rings. The number of amides is 2. The Morgan fingerprint density at radius 3 is 2.58 bits per heavy atom. The number of hydrogen-bond donors (Lipinski definition) is 3. The fourth-order valence-corrected chi connectivity index (χ4v) is 1.68. The van der Waals surface area contributed by atoms with Gasteiger partial charge in [-0.15, -0.1) is 0 Å². The summed E-state index contributed by atoms with van der Waals surface area (Å²) in [6.07, 6.45) is 3.41. The van der Waals surface area contributed by atoms with Gasteiger partial charge in [0.05, 0.1) is 0 Å². The Bertz CT molecular complexity index is 559. The maximum atomic E-state index is 10.7. The van der Waals surface area contributed by atoms with E-state index in [1.165, 1.54) is 0 Å². The number of carbonyl (C=O) groups excluding carboxylic acids is 1. The van der Waals surface area contributed by atoms with Crippen LogP contribution >= 0.6 is 0 Å². The molecule has 0 radical (unpaired) electrons. The van der Waals surface area contributed by atoms with Crippen LogP contribution in [0.4, 0.5) is 10.5 Å². The lowest BCUT2D eigenvalue weighted by atomic mass is 10.2. The Morgan fingerprint density at radius 1 is 1.37 bits per heavy atom. The maximum Gasteiger partial charge on any atom is 0.317 e. The summed E-state index contributed by atoms with van der Waals surface area (Å²) in [7, 11) is 0. The van der Waals surface area contributed by atoms with Crippen LogP contribution in [-0.4, -0.2) is 11.9 Å². The van der Waals surface area contributed by atoms with Crippen LogP contribution in [0.25, 0.3) is 0 Å². The number of nitrogens with two attached hydrogens (primary N) is 2. The molecule has 6 heteroatoms. The number of benzene rings is 1. The first-order valence-electron chi connectivity index (χ1n) is 5.70. The molecule has 0 saturated heterocycles. The van der Waals surface area contributed by atoms with E-state index in [-0.39, 0.29) is 0 Å². The Kier molecular flexibility index (Phi) is 3.63. The fraction of sp³-hybridized carbons (Fsp3) is 0.0769. The summed E-state index contributed by atoms with van der Waals surface area (Å²) in [6.45, 7) is 4.34. The molecule has 1 aliphatic rings. The molecule has 0 saturated carbocycles.